The predicted octanol–water partition coefficient (Wildman–Crippen LogP) is 3.29. The number of phenols is 1. The van der Waals surface area contributed by atoms with Crippen molar-refractivity contribution in [1.82, 2.24) is 10.2 Å². The van der Waals surface area contributed by atoms with Gasteiger partial charge in [-0.25, -0.2) is 9.18 Å². The fourth-order valence-electron chi connectivity index (χ4n) is 2.51. The molecule has 0 unspecified atom stereocenters. The summed E-state index contributed by atoms with van der Waals surface area (Å²) in [5, 5.41) is 12.2. The van der Waals surface area contributed by atoms with Gasteiger partial charge in [-0.1, -0.05) is 29.8 Å². The largest absolute Gasteiger partial charge is 0.503 e. The first kappa shape index (κ1) is 17.8. The smallest absolute Gasteiger partial charge is 0.329 e. The molecule has 1 aliphatic heterocycles. The quantitative estimate of drug-likeness (QED) is 0.634. The summed E-state index contributed by atoms with van der Waals surface area (Å²) in [6.07, 6.45) is 1.40. The van der Waals surface area contributed by atoms with Gasteiger partial charge < -0.3 is 15.2 Å². The second-order valence-corrected chi connectivity index (χ2v) is 5.93. The van der Waals surface area contributed by atoms with Crippen LogP contribution in [0.4, 0.5) is 9.18 Å². The lowest BCUT2D eigenvalue weighted by atomic mass is 10.1. The van der Waals surface area contributed by atoms with Gasteiger partial charge in [0.05, 0.1) is 18.7 Å². The average molecular weight is 377 g/mol. The van der Waals surface area contributed by atoms with Crippen molar-refractivity contribution >= 4 is 29.6 Å². The van der Waals surface area contributed by atoms with Crippen LogP contribution in [0.1, 0.15) is 11.1 Å². The number of nitrogens with zero attached hydrogens (tertiary/aromatic N) is 1. The Morgan fingerprint density at radius 3 is 2.73 bits per heavy atom. The molecule has 134 valence electrons. The first-order chi connectivity index (χ1) is 12.4. The Labute approximate surface area is 153 Å². The molecule has 1 saturated heterocycles. The fourth-order valence-corrected chi connectivity index (χ4v) is 2.73. The summed E-state index contributed by atoms with van der Waals surface area (Å²) in [6.45, 7) is -0.186. The molecule has 3 amide bonds. The SMILES string of the molecule is COc1cc(C=C2NC(=O)N(Cc3ccccc3F)C2=O)cc(Cl)c1O. The van der Waals surface area contributed by atoms with E-state index >= 15 is 0 Å². The van der Waals surface area contributed by atoms with Crippen molar-refractivity contribution in [1.29, 1.82) is 0 Å². The molecule has 0 saturated carbocycles. The zero-order valence-corrected chi connectivity index (χ0v) is 14.4. The zero-order valence-electron chi connectivity index (χ0n) is 13.6. The van der Waals surface area contributed by atoms with Gasteiger partial charge in [0.1, 0.15) is 11.5 Å². The topological polar surface area (TPSA) is 78.9 Å². The molecule has 8 heteroatoms. The molecule has 0 radical (unpaired) electrons. The van der Waals surface area contributed by atoms with E-state index in [1.807, 2.05) is 0 Å². The van der Waals surface area contributed by atoms with Crippen molar-refractivity contribution in [3.63, 3.8) is 0 Å². The second-order valence-electron chi connectivity index (χ2n) is 5.52. The predicted molar refractivity (Wildman–Crippen MR) is 93.1 cm³/mol. The highest BCUT2D eigenvalue weighted by Gasteiger charge is 2.34. The van der Waals surface area contributed by atoms with Crippen LogP contribution >= 0.6 is 11.6 Å². The Bertz CT molecular complexity index is 929. The maximum Gasteiger partial charge on any atom is 0.329 e. The van der Waals surface area contributed by atoms with E-state index in [1.165, 1.54) is 43.5 Å². The van der Waals surface area contributed by atoms with E-state index in [9.17, 15) is 19.1 Å². The Morgan fingerprint density at radius 2 is 2.04 bits per heavy atom. The molecule has 6 nitrogen and oxygen atoms in total. The van der Waals surface area contributed by atoms with Gasteiger partial charge in [-0.05, 0) is 29.8 Å². The summed E-state index contributed by atoms with van der Waals surface area (Å²) in [5.41, 5.74) is 0.683. The normalized spacial score (nSPS) is 15.5. The average Bonchev–Trinajstić information content (AvgIpc) is 2.87. The number of nitrogens with one attached hydrogen (secondary N) is 1. The number of urea groups is 1. The van der Waals surface area contributed by atoms with E-state index in [4.69, 9.17) is 16.3 Å². The van der Waals surface area contributed by atoms with Crippen molar-refractivity contribution < 1.29 is 23.8 Å². The van der Waals surface area contributed by atoms with Crippen molar-refractivity contribution in [3.8, 4) is 11.5 Å². The maximum absolute atomic E-state index is 13.8. The minimum Gasteiger partial charge on any atom is -0.503 e. The maximum atomic E-state index is 13.8. The number of aromatic hydroxyl groups is 1. The van der Waals surface area contributed by atoms with Crippen LogP contribution in [0.25, 0.3) is 6.08 Å². The number of methoxy groups -OCH3 is 1. The lowest BCUT2D eigenvalue weighted by Gasteiger charge is -2.12. The number of hydrogen-bond donors (Lipinski definition) is 2. The molecule has 3 rings (SSSR count). The van der Waals surface area contributed by atoms with E-state index in [1.54, 1.807) is 6.07 Å². The zero-order chi connectivity index (χ0) is 18.8. The van der Waals surface area contributed by atoms with E-state index in [0.717, 1.165) is 4.90 Å². The van der Waals surface area contributed by atoms with Gasteiger partial charge in [-0.2, -0.15) is 0 Å². The van der Waals surface area contributed by atoms with Gasteiger partial charge in [0.15, 0.2) is 11.5 Å². The fraction of sp³-hybridized carbons (Fsp3) is 0.111. The third-order valence-electron chi connectivity index (χ3n) is 3.83. The minimum atomic E-state index is -0.652. The highest BCUT2D eigenvalue weighted by Crippen LogP contribution is 2.35. The number of benzene rings is 2. The van der Waals surface area contributed by atoms with Crippen LogP contribution in [-0.4, -0.2) is 29.1 Å². The van der Waals surface area contributed by atoms with E-state index in [2.05, 4.69) is 5.32 Å². The summed E-state index contributed by atoms with van der Waals surface area (Å²) in [7, 11) is 1.36. The van der Waals surface area contributed by atoms with E-state index in [0.29, 0.717) is 5.56 Å². The van der Waals surface area contributed by atoms with Gasteiger partial charge >= 0.3 is 6.03 Å². The molecule has 2 aromatic carbocycles. The number of imide groups is 1. The van der Waals surface area contributed by atoms with E-state index < -0.39 is 17.8 Å². The number of amides is 3. The highest BCUT2D eigenvalue weighted by molar-refractivity contribution is 6.32. The monoisotopic (exact) mass is 376 g/mol. The molecule has 0 bridgehead atoms. The van der Waals surface area contributed by atoms with Gasteiger partial charge in [0.2, 0.25) is 0 Å². The first-order valence-electron chi connectivity index (χ1n) is 7.55. The number of rotatable bonds is 4. The Hall–Kier alpha value is -3.06. The molecule has 1 heterocycles. The second kappa shape index (κ2) is 7.05. The summed E-state index contributed by atoms with van der Waals surface area (Å²) in [5.74, 6) is -1.19. The van der Waals surface area contributed by atoms with Crippen molar-refractivity contribution in [2.45, 2.75) is 6.54 Å². The molecule has 1 fully saturated rings. The Kier molecular flexibility index (Phi) is 4.81. The van der Waals surface area contributed by atoms with Crippen LogP contribution in [0, 0.1) is 5.82 Å². The third kappa shape index (κ3) is 3.34. The third-order valence-corrected chi connectivity index (χ3v) is 4.12. The molecule has 0 aromatic heterocycles. The van der Waals surface area contributed by atoms with Gasteiger partial charge in [-0.3, -0.25) is 9.69 Å². The summed E-state index contributed by atoms with van der Waals surface area (Å²) in [6, 6.07) is 8.15. The number of ether oxygens (including phenoxy) is 1. The number of carbonyl (C=O) groups excluding carboxylic acids is 2. The standard InChI is InChI=1S/C18H14ClFN2O4/c1-26-15-8-10(6-12(19)16(15)23)7-14-17(24)22(18(25)21-14)9-11-4-2-3-5-13(11)20/h2-8,23H,9H2,1H3,(H,21,25). The van der Waals surface area contributed by atoms with Gasteiger partial charge in [-0.15, -0.1) is 0 Å². The van der Waals surface area contributed by atoms with Crippen molar-refractivity contribution in [3.05, 3.63) is 64.1 Å². The molecule has 2 N–H and O–H groups in total. The molecule has 1 aliphatic rings. The lowest BCUT2D eigenvalue weighted by molar-refractivity contribution is -0.123. The minimum absolute atomic E-state index is 0.00940. The molecule has 0 atom stereocenters. The Morgan fingerprint density at radius 1 is 1.31 bits per heavy atom. The number of hydrogen-bond acceptors (Lipinski definition) is 4. The van der Waals surface area contributed by atoms with E-state index in [-0.39, 0.29) is 34.3 Å². The molecular weight excluding hydrogens is 363 g/mol. The molecule has 26 heavy (non-hydrogen) atoms. The van der Waals surface area contributed by atoms with Crippen molar-refractivity contribution in [2.24, 2.45) is 0 Å². The van der Waals surface area contributed by atoms with Crippen LogP contribution in [0.5, 0.6) is 11.5 Å². The van der Waals surface area contributed by atoms with Gasteiger partial charge in [0, 0.05) is 5.56 Å². The van der Waals surface area contributed by atoms with Crippen LogP contribution in [0.3, 0.4) is 0 Å². The lowest BCUT2D eigenvalue weighted by Crippen LogP contribution is -2.30. The molecule has 0 spiro atoms. The summed E-state index contributed by atoms with van der Waals surface area (Å²) >= 11 is 5.92. The highest BCUT2D eigenvalue weighted by atomic mass is 35.5. The number of carbonyl (C=O) groups is 2. The van der Waals surface area contributed by atoms with Crippen LogP contribution in [0.15, 0.2) is 42.1 Å². The molecule has 2 aromatic rings. The van der Waals surface area contributed by atoms with Gasteiger partial charge in [0.25, 0.3) is 5.91 Å². The van der Waals surface area contributed by atoms with Crippen LogP contribution in [-0.2, 0) is 11.3 Å². The van der Waals surface area contributed by atoms with Crippen molar-refractivity contribution in [2.75, 3.05) is 7.11 Å². The first-order valence-corrected chi connectivity index (χ1v) is 7.93. The molecular formula is C18H14ClFN2O4. The summed E-state index contributed by atoms with van der Waals surface area (Å²) in [4.78, 5) is 25.5. The van der Waals surface area contributed by atoms with Crippen LogP contribution < -0.4 is 10.1 Å². The molecule has 0 aliphatic carbocycles. The summed E-state index contributed by atoms with van der Waals surface area (Å²) < 4.78 is 18.8. The number of halogens is 2. The number of phenolic OH excluding ortho intramolecular Hbond substituents is 1. The van der Waals surface area contributed by atoms with Crippen LogP contribution in [0.2, 0.25) is 5.02 Å². The Balaban J connectivity index is 1.88.